The Labute approximate surface area is 175 Å². The summed E-state index contributed by atoms with van der Waals surface area (Å²) < 4.78 is 51.2. The first kappa shape index (κ1) is 25.5. The van der Waals surface area contributed by atoms with Crippen molar-refractivity contribution in [1.29, 1.82) is 0 Å². The van der Waals surface area contributed by atoms with E-state index in [9.17, 15) is 32.3 Å². The average Bonchev–Trinajstić information content (AvgIpc) is 2.70. The molecule has 31 heavy (non-hydrogen) atoms. The largest absolute Gasteiger partial charge is 0.490 e. The summed E-state index contributed by atoms with van der Waals surface area (Å²) in [6, 6.07) is 3.03. The van der Waals surface area contributed by atoms with E-state index in [2.05, 4.69) is 10.1 Å². The molecule has 0 aliphatic heterocycles. The molecule has 4 amide bonds. The van der Waals surface area contributed by atoms with Crippen molar-refractivity contribution in [2.45, 2.75) is 20.0 Å². The van der Waals surface area contributed by atoms with Crippen LogP contribution in [0.4, 0.5) is 18.0 Å². The number of amides is 4. The minimum absolute atomic E-state index is 0.179. The van der Waals surface area contributed by atoms with Gasteiger partial charge in [-0.15, -0.1) is 0 Å². The van der Waals surface area contributed by atoms with Crippen LogP contribution in [0.3, 0.4) is 0 Å². The number of carbonyl (C=O) groups excluding carboxylic acids is 4. The maximum absolute atomic E-state index is 12.2. The van der Waals surface area contributed by atoms with Gasteiger partial charge in [0.1, 0.15) is 13.1 Å². The summed E-state index contributed by atoms with van der Waals surface area (Å²) in [4.78, 5) is 46.3. The van der Waals surface area contributed by atoms with Crippen LogP contribution in [0, 0.1) is 0 Å². The Bertz CT molecular complexity index is 800. The molecule has 13 heteroatoms. The smallest absolute Gasteiger partial charge is 0.405 e. The van der Waals surface area contributed by atoms with E-state index in [0.717, 1.165) is 0 Å². The standard InChI is InChI=1S/C18H22F3N3O7/c1-3-29-12-6-5-11(7-13(12)30-4-2)16(27)22-8-15(26)31-9-14(25)24-17(28)23-10-18(19,20)21/h5-7H,3-4,8-10H2,1-2H3,(H,22,27)(H2,23,24,25,28). The minimum atomic E-state index is -4.64. The Morgan fingerprint density at radius 3 is 2.23 bits per heavy atom. The molecule has 1 aromatic rings. The topological polar surface area (TPSA) is 132 Å². The first-order valence-corrected chi connectivity index (χ1v) is 9.03. The van der Waals surface area contributed by atoms with Crippen LogP contribution in [0.15, 0.2) is 18.2 Å². The zero-order valence-corrected chi connectivity index (χ0v) is 16.8. The molecule has 0 aliphatic carbocycles. The van der Waals surface area contributed by atoms with E-state index in [0.29, 0.717) is 24.7 Å². The molecular weight excluding hydrogens is 427 g/mol. The molecule has 0 aromatic heterocycles. The molecule has 1 rings (SSSR count). The molecule has 172 valence electrons. The number of hydrogen-bond donors (Lipinski definition) is 3. The third-order valence-corrected chi connectivity index (χ3v) is 3.27. The lowest BCUT2D eigenvalue weighted by Gasteiger charge is -2.12. The molecule has 0 saturated carbocycles. The number of nitrogens with one attached hydrogen (secondary N) is 3. The summed E-state index contributed by atoms with van der Waals surface area (Å²) in [5, 5.41) is 5.24. The van der Waals surface area contributed by atoms with Crippen LogP contribution >= 0.6 is 0 Å². The summed E-state index contributed by atoms with van der Waals surface area (Å²) in [7, 11) is 0. The van der Waals surface area contributed by atoms with Crippen LogP contribution in [0.2, 0.25) is 0 Å². The molecular formula is C18H22F3N3O7. The van der Waals surface area contributed by atoms with E-state index in [1.807, 2.05) is 0 Å². The number of rotatable bonds is 10. The number of esters is 1. The van der Waals surface area contributed by atoms with Gasteiger partial charge in [0.2, 0.25) is 0 Å². The Balaban J connectivity index is 2.45. The number of carbonyl (C=O) groups is 4. The highest BCUT2D eigenvalue weighted by Crippen LogP contribution is 2.28. The second-order valence-electron chi connectivity index (χ2n) is 5.72. The number of benzene rings is 1. The maximum Gasteiger partial charge on any atom is 0.405 e. The fourth-order valence-corrected chi connectivity index (χ4v) is 2.03. The predicted molar refractivity (Wildman–Crippen MR) is 99.7 cm³/mol. The Morgan fingerprint density at radius 2 is 1.61 bits per heavy atom. The van der Waals surface area contributed by atoms with Crippen LogP contribution in [-0.2, 0) is 14.3 Å². The third-order valence-electron chi connectivity index (χ3n) is 3.27. The number of halogens is 3. The second-order valence-corrected chi connectivity index (χ2v) is 5.72. The highest BCUT2D eigenvalue weighted by Gasteiger charge is 2.28. The van der Waals surface area contributed by atoms with Crippen molar-refractivity contribution >= 4 is 23.8 Å². The molecule has 0 bridgehead atoms. The summed E-state index contributed by atoms with van der Waals surface area (Å²) >= 11 is 0. The van der Waals surface area contributed by atoms with Gasteiger partial charge in [0, 0.05) is 5.56 Å². The molecule has 0 radical (unpaired) electrons. The molecule has 0 unspecified atom stereocenters. The van der Waals surface area contributed by atoms with Crippen LogP contribution in [0.25, 0.3) is 0 Å². The van der Waals surface area contributed by atoms with Crippen molar-refractivity contribution in [1.82, 2.24) is 16.0 Å². The third kappa shape index (κ3) is 10.2. The maximum atomic E-state index is 12.2. The van der Waals surface area contributed by atoms with Crippen molar-refractivity contribution in [3.05, 3.63) is 23.8 Å². The SMILES string of the molecule is CCOc1ccc(C(=O)NCC(=O)OCC(=O)NC(=O)NCC(F)(F)F)cc1OCC. The van der Waals surface area contributed by atoms with Gasteiger partial charge in [-0.2, -0.15) is 13.2 Å². The summed E-state index contributed by atoms with van der Waals surface area (Å²) in [5.41, 5.74) is 0.179. The van der Waals surface area contributed by atoms with E-state index < -0.39 is 49.7 Å². The Kier molecular flexibility index (Phi) is 10.1. The number of ether oxygens (including phenoxy) is 3. The van der Waals surface area contributed by atoms with Crippen LogP contribution in [0.1, 0.15) is 24.2 Å². The van der Waals surface area contributed by atoms with Gasteiger partial charge < -0.3 is 24.8 Å². The van der Waals surface area contributed by atoms with Gasteiger partial charge in [-0.25, -0.2) is 4.79 Å². The van der Waals surface area contributed by atoms with E-state index in [1.165, 1.54) is 23.5 Å². The normalized spacial score (nSPS) is 10.6. The van der Waals surface area contributed by atoms with E-state index in [1.54, 1.807) is 19.2 Å². The summed E-state index contributed by atoms with van der Waals surface area (Å²) in [6.07, 6.45) is -4.64. The summed E-state index contributed by atoms with van der Waals surface area (Å²) in [5.74, 6) is -1.98. The van der Waals surface area contributed by atoms with Crippen LogP contribution in [0.5, 0.6) is 11.5 Å². The van der Waals surface area contributed by atoms with E-state index >= 15 is 0 Å². The molecule has 0 saturated heterocycles. The van der Waals surface area contributed by atoms with Gasteiger partial charge in [-0.3, -0.25) is 19.7 Å². The lowest BCUT2D eigenvalue weighted by atomic mass is 10.2. The first-order chi connectivity index (χ1) is 14.6. The van der Waals surface area contributed by atoms with E-state index in [-0.39, 0.29) is 5.56 Å². The zero-order chi connectivity index (χ0) is 23.4. The molecule has 1 aromatic carbocycles. The lowest BCUT2D eigenvalue weighted by molar-refractivity contribution is -0.147. The van der Waals surface area contributed by atoms with Gasteiger partial charge in [0.25, 0.3) is 11.8 Å². The molecule has 0 atom stereocenters. The molecule has 0 aliphatic rings. The molecule has 10 nitrogen and oxygen atoms in total. The van der Waals surface area contributed by atoms with Gasteiger partial charge in [-0.1, -0.05) is 0 Å². The fourth-order valence-electron chi connectivity index (χ4n) is 2.03. The first-order valence-electron chi connectivity index (χ1n) is 9.03. The van der Waals surface area contributed by atoms with Crippen LogP contribution < -0.4 is 25.4 Å². The second kappa shape index (κ2) is 12.2. The number of imide groups is 1. The number of urea groups is 1. The van der Waals surface area contributed by atoms with Crippen molar-refractivity contribution in [3.63, 3.8) is 0 Å². The van der Waals surface area contributed by atoms with Crippen molar-refractivity contribution < 1.29 is 46.6 Å². The fraction of sp³-hybridized carbons (Fsp3) is 0.444. The quantitative estimate of drug-likeness (QED) is 0.457. The van der Waals surface area contributed by atoms with E-state index in [4.69, 9.17) is 9.47 Å². The summed E-state index contributed by atoms with van der Waals surface area (Å²) in [6.45, 7) is 1.14. The lowest BCUT2D eigenvalue weighted by Crippen LogP contribution is -2.44. The zero-order valence-electron chi connectivity index (χ0n) is 16.8. The van der Waals surface area contributed by atoms with Crippen molar-refractivity contribution in [2.75, 3.05) is 32.9 Å². The van der Waals surface area contributed by atoms with Crippen molar-refractivity contribution in [2.24, 2.45) is 0 Å². The van der Waals surface area contributed by atoms with Gasteiger partial charge in [0.05, 0.1) is 13.2 Å². The van der Waals surface area contributed by atoms with Gasteiger partial charge in [0.15, 0.2) is 18.1 Å². The van der Waals surface area contributed by atoms with Crippen molar-refractivity contribution in [3.8, 4) is 11.5 Å². The molecule has 0 spiro atoms. The molecule has 0 fully saturated rings. The average molecular weight is 449 g/mol. The van der Waals surface area contributed by atoms with Gasteiger partial charge >= 0.3 is 18.2 Å². The predicted octanol–water partition coefficient (Wildman–Crippen LogP) is 1.15. The number of alkyl halides is 3. The Morgan fingerprint density at radius 1 is 0.968 bits per heavy atom. The van der Waals surface area contributed by atoms with Gasteiger partial charge in [-0.05, 0) is 32.0 Å². The molecule has 3 N–H and O–H groups in total. The number of hydrogen-bond acceptors (Lipinski definition) is 7. The molecule has 0 heterocycles. The highest BCUT2D eigenvalue weighted by molar-refractivity contribution is 5.97. The van der Waals surface area contributed by atoms with Crippen LogP contribution in [-0.4, -0.2) is 62.9 Å². The monoisotopic (exact) mass is 449 g/mol. The highest BCUT2D eigenvalue weighted by atomic mass is 19.4. The Hall–Kier alpha value is -3.51. The minimum Gasteiger partial charge on any atom is -0.490 e.